The smallest absolute Gasteiger partial charge is 0.267 e. The van der Waals surface area contributed by atoms with Gasteiger partial charge >= 0.3 is 0 Å². The number of aryl methyl sites for hydroxylation is 3. The average Bonchev–Trinajstić information content (AvgIpc) is 3.27. The number of halogens is 1. The normalized spacial score (nSPS) is 12.1. The molecule has 0 aliphatic carbocycles. The number of carbonyl (C=O) groups is 1. The molecule has 0 aliphatic heterocycles. The first-order chi connectivity index (χ1) is 14.7. The third kappa shape index (κ3) is 4.52. The Hall–Kier alpha value is -2.45. The Bertz CT molecular complexity index is 1440. The lowest BCUT2D eigenvalue weighted by molar-refractivity contribution is 0.102. The summed E-state index contributed by atoms with van der Waals surface area (Å²) < 4.78 is 56.7. The van der Waals surface area contributed by atoms with E-state index < -0.39 is 26.0 Å². The zero-order valence-corrected chi connectivity index (χ0v) is 20.5. The van der Waals surface area contributed by atoms with Gasteiger partial charge in [-0.15, -0.1) is 11.3 Å². The maximum absolute atomic E-state index is 13.0. The van der Waals surface area contributed by atoms with Crippen molar-refractivity contribution in [2.24, 2.45) is 5.14 Å². The van der Waals surface area contributed by atoms with Gasteiger partial charge in [0.25, 0.3) is 21.8 Å². The molecule has 1 amide bonds. The zero-order valence-electron chi connectivity index (χ0n) is 17.3. The number of amides is 1. The van der Waals surface area contributed by atoms with Gasteiger partial charge in [0.15, 0.2) is 0 Å². The molecular weight excluding hydrogens is 500 g/mol. The standard InChI is InChI=1S/C18H19ClN4O6S3/c1-8-7-9(2)16(31(20,25)26)10(3)14(8)21-17(24)15-12(5-6-30-15)32(27,28)23-18-13(19)11(4)22-29-18/h5-7,23H,1-4H3,(H,21,24)(H2,20,25,26). The van der Waals surface area contributed by atoms with Gasteiger partial charge in [-0.05, 0) is 55.8 Å². The molecule has 0 fully saturated rings. The predicted molar refractivity (Wildman–Crippen MR) is 121 cm³/mol. The van der Waals surface area contributed by atoms with Crippen LogP contribution in [0.1, 0.15) is 32.1 Å². The lowest BCUT2D eigenvalue weighted by Gasteiger charge is -2.17. The molecule has 4 N–H and O–H groups in total. The van der Waals surface area contributed by atoms with E-state index in [4.69, 9.17) is 21.3 Å². The molecule has 14 heteroatoms. The van der Waals surface area contributed by atoms with Crippen LogP contribution in [0.15, 0.2) is 31.8 Å². The Morgan fingerprint density at radius 1 is 1.16 bits per heavy atom. The van der Waals surface area contributed by atoms with E-state index >= 15 is 0 Å². The van der Waals surface area contributed by atoms with Gasteiger partial charge < -0.3 is 9.84 Å². The van der Waals surface area contributed by atoms with Crippen LogP contribution in [0, 0.1) is 27.7 Å². The first-order valence-corrected chi connectivity index (χ1v) is 13.2. The van der Waals surface area contributed by atoms with Gasteiger partial charge in [0, 0.05) is 5.69 Å². The zero-order chi connectivity index (χ0) is 24.0. The number of benzene rings is 1. The van der Waals surface area contributed by atoms with Crippen molar-refractivity contribution >= 4 is 60.5 Å². The minimum atomic E-state index is -4.24. The summed E-state index contributed by atoms with van der Waals surface area (Å²) in [5, 5.41) is 12.9. The number of nitrogens with zero attached hydrogens (tertiary/aromatic N) is 1. The number of aromatic nitrogens is 1. The van der Waals surface area contributed by atoms with Crippen molar-refractivity contribution in [3.8, 4) is 0 Å². The Balaban J connectivity index is 1.99. The van der Waals surface area contributed by atoms with E-state index in [0.29, 0.717) is 16.8 Å². The first-order valence-electron chi connectivity index (χ1n) is 8.91. The topological polar surface area (TPSA) is 161 Å². The van der Waals surface area contributed by atoms with E-state index in [9.17, 15) is 21.6 Å². The molecule has 32 heavy (non-hydrogen) atoms. The molecule has 3 rings (SSSR count). The molecule has 0 aliphatic rings. The van der Waals surface area contributed by atoms with Gasteiger partial charge in [-0.2, -0.15) is 0 Å². The minimum Gasteiger partial charge on any atom is -0.336 e. The second kappa shape index (κ2) is 8.48. The highest BCUT2D eigenvalue weighted by Gasteiger charge is 2.28. The third-order valence-electron chi connectivity index (χ3n) is 4.57. The number of thiophene rings is 1. The predicted octanol–water partition coefficient (Wildman–Crippen LogP) is 3.32. The molecular formula is C18H19ClN4O6S3. The van der Waals surface area contributed by atoms with Crippen LogP contribution >= 0.6 is 22.9 Å². The van der Waals surface area contributed by atoms with Gasteiger partial charge in [0.1, 0.15) is 20.5 Å². The largest absolute Gasteiger partial charge is 0.336 e. The van der Waals surface area contributed by atoms with Crippen molar-refractivity contribution in [2.75, 3.05) is 10.0 Å². The maximum atomic E-state index is 13.0. The van der Waals surface area contributed by atoms with Crippen LogP contribution in [0.25, 0.3) is 0 Å². The lowest BCUT2D eigenvalue weighted by Crippen LogP contribution is -2.21. The SMILES string of the molecule is Cc1cc(C)c(S(N)(=O)=O)c(C)c1NC(=O)c1sccc1S(=O)(=O)Nc1onc(C)c1Cl. The van der Waals surface area contributed by atoms with E-state index in [-0.39, 0.29) is 36.8 Å². The fourth-order valence-corrected chi connectivity index (χ4v) is 6.77. The van der Waals surface area contributed by atoms with Crippen molar-refractivity contribution in [3.63, 3.8) is 0 Å². The molecule has 2 heterocycles. The Morgan fingerprint density at radius 3 is 2.38 bits per heavy atom. The van der Waals surface area contributed by atoms with Crippen LogP contribution in [0.4, 0.5) is 11.6 Å². The summed E-state index contributed by atoms with van der Waals surface area (Å²) in [7, 11) is -8.28. The number of rotatable bonds is 6. The number of sulfonamides is 2. The summed E-state index contributed by atoms with van der Waals surface area (Å²) in [5.74, 6) is -1.01. The summed E-state index contributed by atoms with van der Waals surface area (Å²) in [6, 6.07) is 2.83. The molecule has 172 valence electrons. The van der Waals surface area contributed by atoms with E-state index in [0.717, 1.165) is 11.3 Å². The second-order valence-corrected chi connectivity index (χ2v) is 11.4. The van der Waals surface area contributed by atoms with Gasteiger partial charge in [0.2, 0.25) is 10.0 Å². The van der Waals surface area contributed by atoms with Crippen LogP contribution in [0.2, 0.25) is 5.02 Å². The second-order valence-electron chi connectivity index (χ2n) is 6.97. The van der Waals surface area contributed by atoms with Crippen LogP contribution in [-0.2, 0) is 20.0 Å². The number of anilines is 2. The van der Waals surface area contributed by atoms with Crippen LogP contribution in [-0.4, -0.2) is 27.9 Å². The van der Waals surface area contributed by atoms with Crippen LogP contribution in [0.5, 0.6) is 0 Å². The van der Waals surface area contributed by atoms with E-state index in [2.05, 4.69) is 15.2 Å². The fraction of sp³-hybridized carbons (Fsp3) is 0.222. The Labute approximate surface area is 193 Å². The van der Waals surface area contributed by atoms with Crippen LogP contribution in [0.3, 0.4) is 0 Å². The van der Waals surface area contributed by atoms with Gasteiger partial charge in [-0.3, -0.25) is 4.79 Å². The van der Waals surface area contributed by atoms with Crippen molar-refractivity contribution in [1.82, 2.24) is 5.16 Å². The maximum Gasteiger partial charge on any atom is 0.267 e. The highest BCUT2D eigenvalue weighted by atomic mass is 35.5. The quantitative estimate of drug-likeness (QED) is 0.450. The number of hydrogen-bond donors (Lipinski definition) is 3. The monoisotopic (exact) mass is 518 g/mol. The first kappa shape index (κ1) is 24.2. The molecule has 0 unspecified atom stereocenters. The molecule has 0 atom stereocenters. The third-order valence-corrected chi connectivity index (χ3v) is 8.63. The van der Waals surface area contributed by atoms with Gasteiger partial charge in [-0.1, -0.05) is 22.8 Å². The molecule has 1 aromatic carbocycles. The lowest BCUT2D eigenvalue weighted by atomic mass is 10.0. The summed E-state index contributed by atoms with van der Waals surface area (Å²) in [4.78, 5) is 12.4. The van der Waals surface area contributed by atoms with Crippen molar-refractivity contribution in [1.29, 1.82) is 0 Å². The van der Waals surface area contributed by atoms with Gasteiger partial charge in [0.05, 0.1) is 4.90 Å². The van der Waals surface area contributed by atoms with Crippen LogP contribution < -0.4 is 15.2 Å². The van der Waals surface area contributed by atoms with E-state index in [1.165, 1.54) is 25.3 Å². The fourth-order valence-electron chi connectivity index (χ4n) is 3.24. The Kier molecular flexibility index (Phi) is 6.41. The highest BCUT2D eigenvalue weighted by Crippen LogP contribution is 2.32. The molecule has 10 nitrogen and oxygen atoms in total. The molecule has 0 bridgehead atoms. The average molecular weight is 519 g/mol. The minimum absolute atomic E-state index is 0.00349. The number of nitrogens with two attached hydrogens (primary N) is 1. The number of hydrogen-bond acceptors (Lipinski definition) is 8. The summed E-state index contributed by atoms with van der Waals surface area (Å²) in [5.41, 5.74) is 1.79. The molecule has 0 saturated heterocycles. The molecule has 3 aromatic rings. The number of carbonyl (C=O) groups excluding carboxylic acids is 1. The Morgan fingerprint density at radius 2 is 1.81 bits per heavy atom. The summed E-state index contributed by atoms with van der Waals surface area (Å²) >= 11 is 6.86. The van der Waals surface area contributed by atoms with E-state index in [1.54, 1.807) is 19.9 Å². The molecule has 0 radical (unpaired) electrons. The van der Waals surface area contributed by atoms with Gasteiger partial charge in [-0.25, -0.2) is 26.7 Å². The van der Waals surface area contributed by atoms with Crippen molar-refractivity contribution in [3.05, 3.63) is 49.8 Å². The van der Waals surface area contributed by atoms with E-state index in [1.807, 2.05) is 0 Å². The molecule has 2 aromatic heterocycles. The summed E-state index contributed by atoms with van der Waals surface area (Å²) in [6.07, 6.45) is 0. The summed E-state index contributed by atoms with van der Waals surface area (Å²) in [6.45, 7) is 6.33. The van der Waals surface area contributed by atoms with Crippen molar-refractivity contribution in [2.45, 2.75) is 37.5 Å². The molecule has 0 saturated carbocycles. The van der Waals surface area contributed by atoms with Crippen molar-refractivity contribution < 1.29 is 26.2 Å². The highest BCUT2D eigenvalue weighted by molar-refractivity contribution is 7.93. The molecule has 0 spiro atoms. The number of nitrogens with one attached hydrogen (secondary N) is 2. The number of primary sulfonamides is 1.